The molecule has 1 heterocycles. The Labute approximate surface area is 103 Å². The van der Waals surface area contributed by atoms with Crippen LogP contribution in [-0.4, -0.2) is 0 Å². The van der Waals surface area contributed by atoms with Crippen molar-refractivity contribution >= 4 is 5.70 Å². The Balaban J connectivity index is 2.66. The lowest BCUT2D eigenvalue weighted by atomic mass is 9.89. The molecule has 0 aliphatic carbocycles. The van der Waals surface area contributed by atoms with Crippen molar-refractivity contribution in [2.75, 3.05) is 0 Å². The van der Waals surface area contributed by atoms with Gasteiger partial charge in [0.2, 0.25) is 0 Å². The van der Waals surface area contributed by atoms with Crippen LogP contribution in [0.1, 0.15) is 24.0 Å². The lowest BCUT2D eigenvalue weighted by Gasteiger charge is -2.14. The van der Waals surface area contributed by atoms with Crippen molar-refractivity contribution in [1.82, 2.24) is 5.32 Å². The van der Waals surface area contributed by atoms with Gasteiger partial charge >= 0.3 is 0 Å². The first-order valence-electron chi connectivity index (χ1n) is 5.73. The maximum Gasteiger partial charge on any atom is 0.0416 e. The molecule has 1 nitrogen and oxygen atoms in total. The third-order valence-electron chi connectivity index (χ3n) is 3.24. The van der Waals surface area contributed by atoms with Crippen LogP contribution in [0.3, 0.4) is 0 Å². The van der Waals surface area contributed by atoms with Crippen molar-refractivity contribution in [3.63, 3.8) is 0 Å². The first kappa shape index (κ1) is 11.5. The number of rotatable bonds is 2. The summed E-state index contributed by atoms with van der Waals surface area (Å²) in [5, 5.41) is 3.31. The lowest BCUT2D eigenvalue weighted by Crippen LogP contribution is -2.09. The predicted octanol–water partition coefficient (Wildman–Crippen LogP) is 3.99. The van der Waals surface area contributed by atoms with Crippen molar-refractivity contribution < 1.29 is 0 Å². The topological polar surface area (TPSA) is 12.0 Å². The van der Waals surface area contributed by atoms with Gasteiger partial charge in [-0.3, -0.25) is 0 Å². The predicted molar refractivity (Wildman–Crippen MR) is 74.4 cm³/mol. The van der Waals surface area contributed by atoms with Gasteiger partial charge in [-0.15, -0.1) is 0 Å². The zero-order valence-corrected chi connectivity index (χ0v) is 10.2. The van der Waals surface area contributed by atoms with E-state index in [-0.39, 0.29) is 0 Å². The SMILES string of the molecule is C=CC1=C(C=C)C(C)c2ccccc2C(=C)N1. The minimum absolute atomic E-state index is 0.295. The number of hydrogen-bond donors (Lipinski definition) is 1. The number of hydrogen-bond acceptors (Lipinski definition) is 1. The molecule has 1 aliphatic heterocycles. The number of allylic oxidation sites excluding steroid dienone is 3. The molecule has 0 spiro atoms. The van der Waals surface area contributed by atoms with Gasteiger partial charge in [-0.25, -0.2) is 0 Å². The molecule has 0 amide bonds. The molecular weight excluding hydrogens is 206 g/mol. The average Bonchev–Trinajstić information content (AvgIpc) is 2.46. The zero-order chi connectivity index (χ0) is 12.4. The molecule has 1 heteroatoms. The second kappa shape index (κ2) is 4.46. The summed E-state index contributed by atoms with van der Waals surface area (Å²) < 4.78 is 0. The summed E-state index contributed by atoms with van der Waals surface area (Å²) >= 11 is 0. The van der Waals surface area contributed by atoms with Crippen LogP contribution in [0.25, 0.3) is 5.70 Å². The Kier molecular flexibility index (Phi) is 3.01. The fraction of sp³-hybridized carbons (Fsp3) is 0.125. The van der Waals surface area contributed by atoms with Gasteiger partial charge in [0, 0.05) is 22.9 Å². The van der Waals surface area contributed by atoms with E-state index >= 15 is 0 Å². The summed E-state index contributed by atoms with van der Waals surface area (Å²) in [7, 11) is 0. The highest BCUT2D eigenvalue weighted by molar-refractivity contribution is 5.70. The minimum atomic E-state index is 0.295. The molecular formula is C16H17N. The molecule has 86 valence electrons. The standard InChI is InChI=1S/C16H17N/c1-5-13-11(3)14-9-7-8-10-15(14)12(4)17-16(13)6-2/h5-11,17H,1-2,4H2,3H3. The summed E-state index contributed by atoms with van der Waals surface area (Å²) in [6.45, 7) is 14.0. The van der Waals surface area contributed by atoms with E-state index < -0.39 is 0 Å². The Morgan fingerprint density at radius 2 is 1.88 bits per heavy atom. The Morgan fingerprint density at radius 1 is 1.18 bits per heavy atom. The maximum absolute atomic E-state index is 4.09. The van der Waals surface area contributed by atoms with Gasteiger partial charge in [0.25, 0.3) is 0 Å². The third-order valence-corrected chi connectivity index (χ3v) is 3.24. The molecule has 1 N–H and O–H groups in total. The van der Waals surface area contributed by atoms with E-state index in [4.69, 9.17) is 0 Å². The summed E-state index contributed by atoms with van der Waals surface area (Å²) in [6, 6.07) is 8.32. The molecule has 1 atom stereocenters. The molecule has 0 saturated heterocycles. The molecule has 2 rings (SSSR count). The lowest BCUT2D eigenvalue weighted by molar-refractivity contribution is 0.908. The van der Waals surface area contributed by atoms with E-state index in [1.165, 1.54) is 5.56 Å². The van der Waals surface area contributed by atoms with Gasteiger partial charge in [-0.05, 0) is 17.2 Å². The molecule has 0 saturated carbocycles. The summed E-state index contributed by atoms with van der Waals surface area (Å²) in [4.78, 5) is 0. The molecule has 1 aromatic rings. The smallest absolute Gasteiger partial charge is 0.0416 e. The van der Waals surface area contributed by atoms with Crippen LogP contribution in [-0.2, 0) is 0 Å². The fourth-order valence-corrected chi connectivity index (χ4v) is 2.31. The second-order valence-electron chi connectivity index (χ2n) is 4.19. The first-order valence-corrected chi connectivity index (χ1v) is 5.73. The van der Waals surface area contributed by atoms with Gasteiger partial charge in [0.05, 0.1) is 0 Å². The van der Waals surface area contributed by atoms with Crippen LogP contribution in [0.4, 0.5) is 0 Å². The number of nitrogens with one attached hydrogen (secondary N) is 1. The highest BCUT2D eigenvalue weighted by Gasteiger charge is 2.20. The van der Waals surface area contributed by atoms with E-state index in [9.17, 15) is 0 Å². The van der Waals surface area contributed by atoms with Crippen molar-refractivity contribution in [2.24, 2.45) is 0 Å². The summed E-state index contributed by atoms with van der Waals surface area (Å²) in [5.41, 5.74) is 5.51. The van der Waals surface area contributed by atoms with Crippen LogP contribution >= 0.6 is 0 Å². The fourth-order valence-electron chi connectivity index (χ4n) is 2.31. The van der Waals surface area contributed by atoms with Gasteiger partial charge in [0.15, 0.2) is 0 Å². The van der Waals surface area contributed by atoms with Crippen molar-refractivity contribution in [1.29, 1.82) is 0 Å². The highest BCUT2D eigenvalue weighted by atomic mass is 14.9. The van der Waals surface area contributed by atoms with Crippen molar-refractivity contribution in [3.8, 4) is 0 Å². The largest absolute Gasteiger partial charge is 0.355 e. The Morgan fingerprint density at radius 3 is 2.53 bits per heavy atom. The van der Waals surface area contributed by atoms with Gasteiger partial charge in [-0.2, -0.15) is 0 Å². The number of fused-ring (bicyclic) bond motifs is 1. The summed E-state index contributed by atoms with van der Waals surface area (Å²) in [5.74, 6) is 0.295. The third kappa shape index (κ3) is 1.84. The van der Waals surface area contributed by atoms with Crippen LogP contribution in [0.5, 0.6) is 0 Å². The zero-order valence-electron chi connectivity index (χ0n) is 10.2. The summed E-state index contributed by atoms with van der Waals surface area (Å²) in [6.07, 6.45) is 3.72. The van der Waals surface area contributed by atoms with Crippen molar-refractivity contribution in [3.05, 3.63) is 78.6 Å². The molecule has 0 bridgehead atoms. The number of benzene rings is 1. The molecule has 0 radical (unpaired) electrons. The van der Waals surface area contributed by atoms with E-state index in [1.54, 1.807) is 0 Å². The first-order chi connectivity index (χ1) is 8.19. The van der Waals surface area contributed by atoms with Gasteiger partial charge < -0.3 is 5.32 Å². The van der Waals surface area contributed by atoms with E-state index in [0.29, 0.717) is 5.92 Å². The van der Waals surface area contributed by atoms with Gasteiger partial charge in [0.1, 0.15) is 0 Å². The molecule has 17 heavy (non-hydrogen) atoms. The molecule has 0 fully saturated rings. The van der Waals surface area contributed by atoms with Crippen LogP contribution in [0, 0.1) is 0 Å². The van der Waals surface area contributed by atoms with E-state index in [2.05, 4.69) is 50.2 Å². The van der Waals surface area contributed by atoms with Crippen molar-refractivity contribution in [2.45, 2.75) is 12.8 Å². The van der Waals surface area contributed by atoms with Crippen LogP contribution < -0.4 is 5.32 Å². The molecule has 1 unspecified atom stereocenters. The molecule has 1 aromatic carbocycles. The van der Waals surface area contributed by atoms with Crippen LogP contribution in [0.2, 0.25) is 0 Å². The van der Waals surface area contributed by atoms with Crippen LogP contribution in [0.15, 0.2) is 67.4 Å². The average molecular weight is 223 g/mol. The Bertz CT molecular complexity index is 520. The van der Waals surface area contributed by atoms with E-state index in [1.807, 2.05) is 18.2 Å². The second-order valence-corrected chi connectivity index (χ2v) is 4.19. The highest BCUT2D eigenvalue weighted by Crippen LogP contribution is 2.34. The van der Waals surface area contributed by atoms with Gasteiger partial charge in [-0.1, -0.05) is 57.0 Å². The quantitative estimate of drug-likeness (QED) is 0.799. The minimum Gasteiger partial charge on any atom is -0.355 e. The maximum atomic E-state index is 4.09. The molecule has 0 aromatic heterocycles. The molecule has 1 aliphatic rings. The monoisotopic (exact) mass is 223 g/mol. The normalized spacial score (nSPS) is 19.1. The van der Waals surface area contributed by atoms with E-state index in [0.717, 1.165) is 22.5 Å². The Hall–Kier alpha value is -2.02.